The van der Waals surface area contributed by atoms with Gasteiger partial charge in [0, 0.05) is 12.8 Å². The highest BCUT2D eigenvalue weighted by Crippen LogP contribution is 2.54. The summed E-state index contributed by atoms with van der Waals surface area (Å²) in [6.45, 7) is 4.68. The Bertz CT molecular complexity index is 661. The number of fused-ring (bicyclic) bond motifs is 1. The zero-order valence-corrected chi connectivity index (χ0v) is 26.6. The molecular weight excluding hydrogens is 496 g/mol. The molecule has 0 aromatic rings. The van der Waals surface area contributed by atoms with E-state index in [-0.39, 0.29) is 0 Å². The summed E-state index contributed by atoms with van der Waals surface area (Å²) < 4.78 is 0. The maximum absolute atomic E-state index is 10.8. The normalized spacial score (nSPS) is 26.4. The Morgan fingerprint density at radius 3 is 1.52 bits per heavy atom. The number of hydrogen-bond donors (Lipinski definition) is 2. The summed E-state index contributed by atoms with van der Waals surface area (Å²) in [5, 5.41) is 17.8. The molecular formula is C36H66O4. The van der Waals surface area contributed by atoms with Crippen LogP contribution in [0.1, 0.15) is 181 Å². The van der Waals surface area contributed by atoms with Gasteiger partial charge < -0.3 is 10.2 Å². The number of carboxylic acid groups (broad SMARTS) is 2. The van der Waals surface area contributed by atoms with Crippen LogP contribution in [0, 0.1) is 35.5 Å². The van der Waals surface area contributed by atoms with Crippen molar-refractivity contribution in [2.45, 2.75) is 181 Å². The Kier molecular flexibility index (Phi) is 19.0. The Labute approximate surface area is 247 Å². The standard InChI is InChI=1S/C36H66O4/c1-3-5-13-20-30-27-32-26-25-29(19-15-9-7-11-17-23-35(37)38)33(22-16-10-8-12-18-24-36(39)40)34(32)28-31(30)21-14-6-4-2/h29-34H,3-28H2,1-2H3,(H,37,38)(H,39,40). The van der Waals surface area contributed by atoms with Crippen molar-refractivity contribution in [3.8, 4) is 0 Å². The van der Waals surface area contributed by atoms with E-state index >= 15 is 0 Å². The third-order valence-corrected chi connectivity index (χ3v) is 10.8. The van der Waals surface area contributed by atoms with E-state index in [1.807, 2.05) is 0 Å². The lowest BCUT2D eigenvalue weighted by Crippen LogP contribution is -2.42. The van der Waals surface area contributed by atoms with Crippen molar-refractivity contribution in [1.82, 2.24) is 0 Å². The summed E-state index contributed by atoms with van der Waals surface area (Å²) in [6.07, 6.45) is 31.9. The first-order chi connectivity index (χ1) is 19.5. The molecule has 0 amide bonds. The number of carbonyl (C=O) groups is 2. The molecule has 2 aliphatic carbocycles. The van der Waals surface area contributed by atoms with Gasteiger partial charge in [0.2, 0.25) is 0 Å². The average Bonchev–Trinajstić information content (AvgIpc) is 2.92. The SMILES string of the molecule is CCCCCC1CC2CCC(CCCCCCCC(=O)O)C(CCCCCCCC(=O)O)C2CC1CCCCC. The number of carboxylic acids is 2. The highest BCUT2D eigenvalue weighted by Gasteiger charge is 2.44. The molecule has 6 atom stereocenters. The van der Waals surface area contributed by atoms with Gasteiger partial charge in [-0.3, -0.25) is 9.59 Å². The first-order valence-corrected chi connectivity index (χ1v) is 17.9. The molecule has 0 radical (unpaired) electrons. The molecule has 4 nitrogen and oxygen atoms in total. The lowest BCUT2D eigenvalue weighted by molar-refractivity contribution is -0.138. The molecule has 6 unspecified atom stereocenters. The highest BCUT2D eigenvalue weighted by atomic mass is 16.4. The van der Waals surface area contributed by atoms with E-state index in [0.717, 1.165) is 61.2 Å². The van der Waals surface area contributed by atoms with Crippen LogP contribution in [0.15, 0.2) is 0 Å². The van der Waals surface area contributed by atoms with E-state index in [4.69, 9.17) is 10.2 Å². The first-order valence-electron chi connectivity index (χ1n) is 17.9. The second-order valence-electron chi connectivity index (χ2n) is 13.8. The summed E-state index contributed by atoms with van der Waals surface area (Å²) in [5.74, 6) is 4.30. The third-order valence-electron chi connectivity index (χ3n) is 10.8. The van der Waals surface area contributed by atoms with Crippen molar-refractivity contribution in [3.05, 3.63) is 0 Å². The summed E-state index contributed by atoms with van der Waals surface area (Å²) in [7, 11) is 0. The second kappa shape index (κ2) is 21.6. The molecule has 2 N–H and O–H groups in total. The van der Waals surface area contributed by atoms with Gasteiger partial charge in [0.25, 0.3) is 0 Å². The molecule has 0 aliphatic heterocycles. The Hall–Kier alpha value is -1.06. The number of aliphatic carboxylic acids is 2. The zero-order chi connectivity index (χ0) is 29.0. The summed E-state index contributed by atoms with van der Waals surface area (Å²) in [4.78, 5) is 21.6. The largest absolute Gasteiger partial charge is 0.481 e. The topological polar surface area (TPSA) is 74.6 Å². The van der Waals surface area contributed by atoms with Crippen molar-refractivity contribution in [2.24, 2.45) is 35.5 Å². The molecule has 0 spiro atoms. The van der Waals surface area contributed by atoms with Gasteiger partial charge in [0.05, 0.1) is 0 Å². The quantitative estimate of drug-likeness (QED) is 0.115. The third kappa shape index (κ3) is 14.2. The van der Waals surface area contributed by atoms with Crippen LogP contribution in [0.3, 0.4) is 0 Å². The molecule has 2 saturated carbocycles. The van der Waals surface area contributed by atoms with Gasteiger partial charge in [0.15, 0.2) is 0 Å². The van der Waals surface area contributed by atoms with Crippen molar-refractivity contribution in [1.29, 1.82) is 0 Å². The van der Waals surface area contributed by atoms with Crippen LogP contribution in [-0.2, 0) is 9.59 Å². The van der Waals surface area contributed by atoms with Crippen LogP contribution in [0.4, 0.5) is 0 Å². The maximum atomic E-state index is 10.8. The zero-order valence-electron chi connectivity index (χ0n) is 26.6. The fourth-order valence-electron chi connectivity index (χ4n) is 8.57. The van der Waals surface area contributed by atoms with Crippen molar-refractivity contribution in [3.63, 3.8) is 0 Å². The summed E-state index contributed by atoms with van der Waals surface area (Å²) >= 11 is 0. The van der Waals surface area contributed by atoms with Crippen LogP contribution in [-0.4, -0.2) is 22.2 Å². The van der Waals surface area contributed by atoms with Crippen LogP contribution < -0.4 is 0 Å². The summed E-state index contributed by atoms with van der Waals surface area (Å²) in [5.41, 5.74) is 0. The molecule has 40 heavy (non-hydrogen) atoms. The van der Waals surface area contributed by atoms with Gasteiger partial charge in [-0.1, -0.05) is 123 Å². The van der Waals surface area contributed by atoms with Crippen LogP contribution >= 0.6 is 0 Å². The summed E-state index contributed by atoms with van der Waals surface area (Å²) in [6, 6.07) is 0. The molecule has 2 fully saturated rings. The van der Waals surface area contributed by atoms with Gasteiger partial charge in [-0.25, -0.2) is 0 Å². The minimum Gasteiger partial charge on any atom is -0.481 e. The Morgan fingerprint density at radius 1 is 0.525 bits per heavy atom. The second-order valence-corrected chi connectivity index (χ2v) is 13.8. The molecule has 0 heterocycles. The number of unbranched alkanes of at least 4 members (excludes halogenated alkanes) is 12. The molecule has 234 valence electrons. The van der Waals surface area contributed by atoms with E-state index in [0.29, 0.717) is 12.8 Å². The molecule has 0 aromatic heterocycles. The maximum Gasteiger partial charge on any atom is 0.303 e. The molecule has 0 bridgehead atoms. The fourth-order valence-corrected chi connectivity index (χ4v) is 8.57. The first kappa shape index (κ1) is 35.1. The van der Waals surface area contributed by atoms with Crippen molar-refractivity contribution < 1.29 is 19.8 Å². The lowest BCUT2D eigenvalue weighted by atomic mass is 9.54. The Morgan fingerprint density at radius 2 is 0.975 bits per heavy atom. The highest BCUT2D eigenvalue weighted by molar-refractivity contribution is 5.66. The predicted molar refractivity (Wildman–Crippen MR) is 168 cm³/mol. The minimum atomic E-state index is -0.658. The van der Waals surface area contributed by atoms with Crippen molar-refractivity contribution >= 4 is 11.9 Å². The number of hydrogen-bond acceptors (Lipinski definition) is 2. The van der Waals surface area contributed by atoms with Gasteiger partial charge in [0.1, 0.15) is 0 Å². The van der Waals surface area contributed by atoms with E-state index in [1.54, 1.807) is 0 Å². The molecule has 0 aromatic carbocycles. The minimum absolute atomic E-state index is 0.322. The predicted octanol–water partition coefficient (Wildman–Crippen LogP) is 11.1. The van der Waals surface area contributed by atoms with Gasteiger partial charge in [-0.05, 0) is 80.5 Å². The molecule has 0 saturated heterocycles. The smallest absolute Gasteiger partial charge is 0.303 e. The van der Waals surface area contributed by atoms with Crippen molar-refractivity contribution in [2.75, 3.05) is 0 Å². The Balaban J connectivity index is 1.95. The molecule has 2 aliphatic rings. The van der Waals surface area contributed by atoms with E-state index < -0.39 is 11.9 Å². The molecule has 2 rings (SSSR count). The average molecular weight is 563 g/mol. The van der Waals surface area contributed by atoms with Gasteiger partial charge in [-0.2, -0.15) is 0 Å². The van der Waals surface area contributed by atoms with E-state index in [2.05, 4.69) is 13.8 Å². The number of rotatable bonds is 24. The van der Waals surface area contributed by atoms with Gasteiger partial charge in [-0.15, -0.1) is 0 Å². The molecule has 4 heteroatoms. The van der Waals surface area contributed by atoms with Crippen LogP contribution in [0.2, 0.25) is 0 Å². The van der Waals surface area contributed by atoms with E-state index in [1.165, 1.54) is 128 Å². The van der Waals surface area contributed by atoms with Crippen LogP contribution in [0.25, 0.3) is 0 Å². The fraction of sp³-hybridized carbons (Fsp3) is 0.944. The van der Waals surface area contributed by atoms with Crippen LogP contribution in [0.5, 0.6) is 0 Å². The lowest BCUT2D eigenvalue weighted by Gasteiger charge is -2.51. The van der Waals surface area contributed by atoms with Gasteiger partial charge >= 0.3 is 11.9 Å². The van der Waals surface area contributed by atoms with E-state index in [9.17, 15) is 9.59 Å². The monoisotopic (exact) mass is 562 g/mol.